The van der Waals surface area contributed by atoms with Crippen molar-refractivity contribution in [1.82, 2.24) is 0 Å². The Hall–Kier alpha value is 0.200. The van der Waals surface area contributed by atoms with E-state index in [1.807, 2.05) is 0 Å². The van der Waals surface area contributed by atoms with Gasteiger partial charge in [0.25, 0.3) is 0 Å². The van der Waals surface area contributed by atoms with Crippen LogP contribution in [-0.4, -0.2) is 43.5 Å². The maximum absolute atomic E-state index is 13.8. The van der Waals surface area contributed by atoms with Gasteiger partial charge in [-0.1, -0.05) is 0 Å². The van der Waals surface area contributed by atoms with Crippen LogP contribution in [-0.2, 0) is 24.4 Å². The Morgan fingerprint density at radius 1 is 0.857 bits per heavy atom. The summed E-state index contributed by atoms with van der Waals surface area (Å²) < 4.78 is 71.8. The van der Waals surface area contributed by atoms with E-state index in [9.17, 15) is 26.5 Å². The molecule has 8 fully saturated rings. The molecule has 35 heavy (non-hydrogen) atoms. The van der Waals surface area contributed by atoms with Gasteiger partial charge in [0.1, 0.15) is 12.7 Å². The first-order valence-corrected chi connectivity index (χ1v) is 14.5. The minimum atomic E-state index is -5.82. The van der Waals surface area contributed by atoms with Crippen molar-refractivity contribution < 1.29 is 65.6 Å². The van der Waals surface area contributed by atoms with Gasteiger partial charge >= 0.3 is 40.8 Å². The van der Waals surface area contributed by atoms with Crippen LogP contribution < -0.4 is 29.6 Å². The van der Waals surface area contributed by atoms with Crippen molar-refractivity contribution in [2.24, 2.45) is 46.3 Å². The van der Waals surface area contributed by atoms with E-state index in [0.717, 1.165) is 38.5 Å². The van der Waals surface area contributed by atoms with Gasteiger partial charge in [-0.15, -0.1) is 0 Å². The van der Waals surface area contributed by atoms with Crippen LogP contribution in [0.5, 0.6) is 0 Å². The number of hydrogen-bond donors (Lipinski definition) is 0. The SMILES string of the molecule is O=C(OC(COCC(F)(F)S(=O)(=O)[O-])C12CC3CC(CC(C3)C1)C2)C12CC3CC(CC(C3)C1)C2.[Na+]. The van der Waals surface area contributed by atoms with Crippen LogP contribution in [0.25, 0.3) is 0 Å². The molecule has 1 unspecified atom stereocenters. The molecule has 0 saturated heterocycles. The first-order valence-electron chi connectivity index (χ1n) is 13.1. The van der Waals surface area contributed by atoms with Gasteiger partial charge in [-0.05, 0) is 113 Å². The van der Waals surface area contributed by atoms with E-state index in [4.69, 9.17) is 9.47 Å². The Morgan fingerprint density at radius 2 is 1.26 bits per heavy atom. The van der Waals surface area contributed by atoms with Crippen molar-refractivity contribution >= 4 is 16.1 Å². The van der Waals surface area contributed by atoms with Crippen molar-refractivity contribution in [2.75, 3.05) is 13.2 Å². The van der Waals surface area contributed by atoms with Crippen molar-refractivity contribution in [2.45, 2.75) is 88.4 Å². The maximum Gasteiger partial charge on any atom is 1.00 e. The predicted molar refractivity (Wildman–Crippen MR) is 117 cm³/mol. The van der Waals surface area contributed by atoms with Crippen LogP contribution in [0.1, 0.15) is 77.0 Å². The summed E-state index contributed by atoms with van der Waals surface area (Å²) in [5.74, 6) is 3.23. The van der Waals surface area contributed by atoms with Crippen LogP contribution in [0, 0.1) is 46.3 Å². The molecule has 8 bridgehead atoms. The Kier molecular flexibility index (Phi) is 7.00. The second kappa shape index (κ2) is 9.15. The van der Waals surface area contributed by atoms with E-state index in [2.05, 4.69) is 0 Å². The third-order valence-electron chi connectivity index (χ3n) is 10.4. The molecule has 0 aromatic carbocycles. The fraction of sp³-hybridized carbons (Fsp3) is 0.960. The molecule has 10 heteroatoms. The van der Waals surface area contributed by atoms with Gasteiger partial charge in [-0.25, -0.2) is 8.42 Å². The molecule has 8 aliphatic carbocycles. The summed E-state index contributed by atoms with van der Waals surface area (Å²) in [5.41, 5.74) is -0.754. The molecule has 0 heterocycles. The molecule has 0 aliphatic heterocycles. The number of halogens is 2. The summed E-state index contributed by atoms with van der Waals surface area (Å²) in [5, 5.41) is -4.50. The Bertz CT molecular complexity index is 883. The standard InChI is InChI=1S/C25H36F2O6S.Na/c26-25(27,34(29,30)31)14-32-13-21(23-7-15-1-16(8-23)3-17(2-15)9-23)33-22(28)24-10-18-4-19(11-24)6-20(5-18)12-24;/h15-21H,1-14H2,(H,29,30,31);/q;+1/p-1. The predicted octanol–water partition coefficient (Wildman–Crippen LogP) is 1.49. The minimum Gasteiger partial charge on any atom is -0.743 e. The number of alkyl halides is 2. The summed E-state index contributed by atoms with van der Waals surface area (Å²) in [7, 11) is -5.82. The molecule has 8 rings (SSSR count). The van der Waals surface area contributed by atoms with Crippen LogP contribution in [0.2, 0.25) is 0 Å². The largest absolute Gasteiger partial charge is 1.00 e. The van der Waals surface area contributed by atoms with Crippen molar-refractivity contribution in [3.8, 4) is 0 Å². The number of ether oxygens (including phenoxy) is 2. The average molecular weight is 525 g/mol. The zero-order valence-electron chi connectivity index (χ0n) is 20.6. The van der Waals surface area contributed by atoms with Crippen LogP contribution in [0.4, 0.5) is 8.78 Å². The fourth-order valence-corrected chi connectivity index (χ4v) is 10.1. The van der Waals surface area contributed by atoms with E-state index >= 15 is 0 Å². The average Bonchev–Trinajstić information content (AvgIpc) is 2.70. The molecular weight excluding hydrogens is 489 g/mol. The normalized spacial score (nSPS) is 44.2. The molecule has 8 saturated carbocycles. The number of carbonyl (C=O) groups is 1. The van der Waals surface area contributed by atoms with Gasteiger partial charge < -0.3 is 14.0 Å². The van der Waals surface area contributed by atoms with Crippen molar-refractivity contribution in [3.63, 3.8) is 0 Å². The second-order valence-corrected chi connectivity index (χ2v) is 14.5. The van der Waals surface area contributed by atoms with Crippen molar-refractivity contribution in [3.05, 3.63) is 0 Å². The third-order valence-corrected chi connectivity index (χ3v) is 11.2. The van der Waals surface area contributed by atoms with E-state index < -0.39 is 33.5 Å². The van der Waals surface area contributed by atoms with Crippen LogP contribution >= 0.6 is 0 Å². The number of carbonyl (C=O) groups excluding carboxylic acids is 1. The van der Waals surface area contributed by atoms with Gasteiger partial charge in [0.2, 0.25) is 0 Å². The van der Waals surface area contributed by atoms with E-state index in [1.54, 1.807) is 0 Å². The molecule has 6 nitrogen and oxygen atoms in total. The van der Waals surface area contributed by atoms with Gasteiger partial charge in [0.15, 0.2) is 10.1 Å². The maximum atomic E-state index is 13.8. The molecule has 0 spiro atoms. The summed E-state index contributed by atoms with van der Waals surface area (Å²) >= 11 is 0. The molecule has 8 aliphatic rings. The van der Waals surface area contributed by atoms with Crippen LogP contribution in [0.15, 0.2) is 0 Å². The van der Waals surface area contributed by atoms with E-state index in [-0.39, 0.29) is 47.5 Å². The topological polar surface area (TPSA) is 92.7 Å². The minimum absolute atomic E-state index is 0. The first kappa shape index (κ1) is 26.8. The molecule has 0 aromatic heterocycles. The molecule has 0 amide bonds. The molecule has 0 N–H and O–H groups in total. The fourth-order valence-electron chi connectivity index (χ4n) is 9.88. The number of rotatable bonds is 8. The zero-order valence-corrected chi connectivity index (χ0v) is 23.4. The Morgan fingerprint density at radius 3 is 1.66 bits per heavy atom. The monoisotopic (exact) mass is 524 g/mol. The van der Waals surface area contributed by atoms with E-state index in [0.29, 0.717) is 35.5 Å². The van der Waals surface area contributed by atoms with Gasteiger partial charge in [0.05, 0.1) is 12.0 Å². The molecule has 0 aromatic rings. The third kappa shape index (κ3) is 4.77. The van der Waals surface area contributed by atoms with Crippen LogP contribution in [0.3, 0.4) is 0 Å². The summed E-state index contributed by atoms with van der Waals surface area (Å²) in [6, 6.07) is 0. The number of esters is 1. The first-order chi connectivity index (χ1) is 16.0. The Labute approximate surface area is 228 Å². The molecular formula is C25H35F2NaO6S. The Balaban J connectivity index is 0.00000253. The number of hydrogen-bond acceptors (Lipinski definition) is 6. The summed E-state index contributed by atoms with van der Waals surface area (Å²) in [6.45, 7) is -1.79. The zero-order chi connectivity index (χ0) is 23.9. The quantitative estimate of drug-likeness (QED) is 0.271. The van der Waals surface area contributed by atoms with Gasteiger partial charge in [0, 0.05) is 5.41 Å². The summed E-state index contributed by atoms with van der Waals surface area (Å²) in [4.78, 5) is 13.7. The molecule has 0 radical (unpaired) electrons. The molecule has 192 valence electrons. The van der Waals surface area contributed by atoms with Gasteiger partial charge in [-0.3, -0.25) is 4.79 Å². The summed E-state index contributed by atoms with van der Waals surface area (Å²) in [6.07, 6.45) is 11.8. The molecule has 1 atom stereocenters. The smallest absolute Gasteiger partial charge is 0.743 e. The van der Waals surface area contributed by atoms with E-state index in [1.165, 1.54) is 38.5 Å². The van der Waals surface area contributed by atoms with Gasteiger partial charge in [-0.2, -0.15) is 8.78 Å². The second-order valence-electron chi connectivity index (χ2n) is 13.0. The van der Waals surface area contributed by atoms with Crippen molar-refractivity contribution in [1.29, 1.82) is 0 Å².